The van der Waals surface area contributed by atoms with Crippen LogP contribution in [0, 0.1) is 0 Å². The van der Waals surface area contributed by atoms with Gasteiger partial charge in [-0.3, -0.25) is 5.10 Å². The standard InChI is InChI=1S/C8H16N4/c1-3-4-5-12(2)7-6-10-11-8(7)9/h6H,3-5H2,1-2H3,(H3,9,10,11). The van der Waals surface area contributed by atoms with E-state index in [-0.39, 0.29) is 0 Å². The molecule has 0 unspecified atom stereocenters. The van der Waals surface area contributed by atoms with E-state index in [4.69, 9.17) is 5.73 Å². The van der Waals surface area contributed by atoms with Gasteiger partial charge in [-0.05, 0) is 6.42 Å². The highest BCUT2D eigenvalue weighted by Gasteiger charge is 2.05. The van der Waals surface area contributed by atoms with Gasteiger partial charge in [-0.25, -0.2) is 0 Å². The lowest BCUT2D eigenvalue weighted by Crippen LogP contribution is -2.18. The molecule has 1 rings (SSSR count). The Morgan fingerprint density at radius 2 is 2.42 bits per heavy atom. The third kappa shape index (κ3) is 1.90. The van der Waals surface area contributed by atoms with Crippen LogP contribution in [0.1, 0.15) is 19.8 Å². The number of aromatic nitrogens is 2. The molecule has 1 aromatic heterocycles. The van der Waals surface area contributed by atoms with Crippen LogP contribution < -0.4 is 10.6 Å². The first-order valence-electron chi connectivity index (χ1n) is 4.25. The quantitative estimate of drug-likeness (QED) is 0.711. The number of anilines is 2. The minimum absolute atomic E-state index is 0.647. The fourth-order valence-corrected chi connectivity index (χ4v) is 1.11. The summed E-state index contributed by atoms with van der Waals surface area (Å²) in [5, 5.41) is 6.57. The predicted octanol–water partition coefficient (Wildman–Crippen LogP) is 1.23. The van der Waals surface area contributed by atoms with Crippen LogP contribution in [0.2, 0.25) is 0 Å². The number of hydrogen-bond acceptors (Lipinski definition) is 3. The highest BCUT2D eigenvalue weighted by atomic mass is 15.2. The largest absolute Gasteiger partial charge is 0.382 e. The molecule has 68 valence electrons. The molecule has 12 heavy (non-hydrogen) atoms. The van der Waals surface area contributed by atoms with E-state index in [2.05, 4.69) is 22.0 Å². The van der Waals surface area contributed by atoms with Gasteiger partial charge in [0.15, 0.2) is 0 Å². The Morgan fingerprint density at radius 3 is 2.92 bits per heavy atom. The van der Waals surface area contributed by atoms with E-state index in [0.717, 1.165) is 12.2 Å². The second-order valence-corrected chi connectivity index (χ2v) is 2.94. The zero-order chi connectivity index (χ0) is 8.97. The number of aromatic amines is 1. The van der Waals surface area contributed by atoms with Crippen molar-refractivity contribution in [3.8, 4) is 0 Å². The van der Waals surface area contributed by atoms with Crippen LogP contribution in [-0.2, 0) is 0 Å². The number of nitrogens with zero attached hydrogens (tertiary/aromatic N) is 2. The fourth-order valence-electron chi connectivity index (χ4n) is 1.11. The van der Waals surface area contributed by atoms with Crippen molar-refractivity contribution in [3.63, 3.8) is 0 Å². The Kier molecular flexibility index (Phi) is 2.96. The summed E-state index contributed by atoms with van der Waals surface area (Å²) in [6, 6.07) is 0. The lowest BCUT2D eigenvalue weighted by atomic mass is 10.3. The normalized spacial score (nSPS) is 10.2. The highest BCUT2D eigenvalue weighted by molar-refractivity contribution is 5.61. The summed E-state index contributed by atoms with van der Waals surface area (Å²) >= 11 is 0. The van der Waals surface area contributed by atoms with Crippen molar-refractivity contribution in [1.29, 1.82) is 0 Å². The van der Waals surface area contributed by atoms with Crippen molar-refractivity contribution in [2.24, 2.45) is 0 Å². The number of nitrogens with one attached hydrogen (secondary N) is 1. The van der Waals surface area contributed by atoms with Gasteiger partial charge in [0.2, 0.25) is 0 Å². The lowest BCUT2D eigenvalue weighted by molar-refractivity contribution is 0.767. The maximum Gasteiger partial charge on any atom is 0.142 e. The summed E-state index contributed by atoms with van der Waals surface area (Å²) < 4.78 is 0. The first-order chi connectivity index (χ1) is 5.75. The van der Waals surface area contributed by atoms with Crippen LogP contribution in [0.15, 0.2) is 6.20 Å². The molecule has 4 nitrogen and oxygen atoms in total. The van der Waals surface area contributed by atoms with E-state index in [9.17, 15) is 0 Å². The Labute approximate surface area is 72.8 Å². The van der Waals surface area contributed by atoms with Crippen LogP contribution in [0.4, 0.5) is 11.5 Å². The van der Waals surface area contributed by atoms with Crippen molar-refractivity contribution in [2.45, 2.75) is 19.8 Å². The summed E-state index contributed by atoms with van der Waals surface area (Å²) in [6.45, 7) is 3.20. The first kappa shape index (κ1) is 8.90. The highest BCUT2D eigenvalue weighted by Crippen LogP contribution is 2.17. The molecule has 0 fully saturated rings. The molecule has 1 aromatic rings. The van der Waals surface area contributed by atoms with Crippen molar-refractivity contribution >= 4 is 11.5 Å². The van der Waals surface area contributed by atoms with Crippen LogP contribution in [-0.4, -0.2) is 23.8 Å². The lowest BCUT2D eigenvalue weighted by Gasteiger charge is -2.16. The van der Waals surface area contributed by atoms with Gasteiger partial charge in [-0.1, -0.05) is 13.3 Å². The van der Waals surface area contributed by atoms with Crippen molar-refractivity contribution in [3.05, 3.63) is 6.20 Å². The molecule has 0 aromatic carbocycles. The summed E-state index contributed by atoms with van der Waals surface area (Å²) in [5.41, 5.74) is 6.64. The number of nitrogen functional groups attached to an aromatic ring is 1. The summed E-state index contributed by atoms with van der Waals surface area (Å²) in [7, 11) is 2.02. The molecule has 0 saturated carbocycles. The molecular formula is C8H16N4. The minimum Gasteiger partial charge on any atom is -0.382 e. The molecule has 0 radical (unpaired) electrons. The van der Waals surface area contributed by atoms with E-state index in [1.165, 1.54) is 12.8 Å². The van der Waals surface area contributed by atoms with Crippen molar-refractivity contribution in [2.75, 3.05) is 24.2 Å². The molecule has 1 heterocycles. The zero-order valence-corrected chi connectivity index (χ0v) is 7.67. The maximum atomic E-state index is 5.65. The van der Waals surface area contributed by atoms with Gasteiger partial charge in [-0.2, -0.15) is 5.10 Å². The first-order valence-corrected chi connectivity index (χ1v) is 4.25. The third-order valence-corrected chi connectivity index (χ3v) is 1.91. The third-order valence-electron chi connectivity index (χ3n) is 1.91. The predicted molar refractivity (Wildman–Crippen MR) is 51.2 cm³/mol. The maximum absolute atomic E-state index is 5.65. The Bertz CT molecular complexity index is 231. The molecule has 0 aliphatic carbocycles. The van der Waals surface area contributed by atoms with Gasteiger partial charge in [0, 0.05) is 13.6 Å². The van der Waals surface area contributed by atoms with E-state index in [1.54, 1.807) is 6.20 Å². The molecule has 0 amide bonds. The molecule has 0 atom stereocenters. The number of hydrogen-bond donors (Lipinski definition) is 2. The average Bonchev–Trinajstić information content (AvgIpc) is 2.47. The Morgan fingerprint density at radius 1 is 1.67 bits per heavy atom. The average molecular weight is 168 g/mol. The van der Waals surface area contributed by atoms with E-state index in [0.29, 0.717) is 5.82 Å². The van der Waals surface area contributed by atoms with E-state index in [1.807, 2.05) is 7.05 Å². The van der Waals surface area contributed by atoms with Crippen molar-refractivity contribution in [1.82, 2.24) is 10.2 Å². The Hall–Kier alpha value is -1.19. The monoisotopic (exact) mass is 168 g/mol. The Balaban J connectivity index is 2.52. The van der Waals surface area contributed by atoms with E-state index < -0.39 is 0 Å². The number of nitrogens with two attached hydrogens (primary N) is 1. The second kappa shape index (κ2) is 3.99. The number of rotatable bonds is 4. The van der Waals surface area contributed by atoms with Crippen LogP contribution in [0.25, 0.3) is 0 Å². The number of unbranched alkanes of at least 4 members (excludes halogenated alkanes) is 1. The van der Waals surface area contributed by atoms with Crippen LogP contribution >= 0.6 is 0 Å². The molecule has 0 bridgehead atoms. The topological polar surface area (TPSA) is 57.9 Å². The smallest absolute Gasteiger partial charge is 0.142 e. The van der Waals surface area contributed by atoms with Crippen LogP contribution in [0.3, 0.4) is 0 Å². The van der Waals surface area contributed by atoms with Crippen molar-refractivity contribution < 1.29 is 0 Å². The van der Waals surface area contributed by atoms with Gasteiger partial charge < -0.3 is 10.6 Å². The van der Waals surface area contributed by atoms with Gasteiger partial charge in [0.05, 0.1) is 11.9 Å². The molecule has 0 aliphatic rings. The van der Waals surface area contributed by atoms with Gasteiger partial charge in [0.25, 0.3) is 0 Å². The van der Waals surface area contributed by atoms with Crippen LogP contribution in [0.5, 0.6) is 0 Å². The molecule has 0 aliphatic heterocycles. The molecule has 0 spiro atoms. The fraction of sp³-hybridized carbons (Fsp3) is 0.625. The zero-order valence-electron chi connectivity index (χ0n) is 7.67. The SMILES string of the molecule is CCCCN(C)c1cn[nH]c1N. The molecular weight excluding hydrogens is 152 g/mol. The number of H-pyrrole nitrogens is 1. The summed E-state index contributed by atoms with van der Waals surface area (Å²) in [5.74, 6) is 0.647. The molecule has 3 N–H and O–H groups in total. The minimum atomic E-state index is 0.647. The van der Waals surface area contributed by atoms with Gasteiger partial charge in [-0.15, -0.1) is 0 Å². The van der Waals surface area contributed by atoms with E-state index >= 15 is 0 Å². The van der Waals surface area contributed by atoms with Gasteiger partial charge in [0.1, 0.15) is 5.82 Å². The van der Waals surface area contributed by atoms with Gasteiger partial charge >= 0.3 is 0 Å². The molecule has 4 heteroatoms. The summed E-state index contributed by atoms with van der Waals surface area (Å²) in [4.78, 5) is 2.11. The second-order valence-electron chi connectivity index (χ2n) is 2.94. The summed E-state index contributed by atoms with van der Waals surface area (Å²) in [6.07, 6.45) is 4.13. The molecule has 0 saturated heterocycles.